The van der Waals surface area contributed by atoms with Crippen LogP contribution in [0, 0.1) is 5.92 Å². The molecule has 2 amide bonds. The second kappa shape index (κ2) is 10.5. The second-order valence-corrected chi connectivity index (χ2v) is 7.73. The molecule has 0 aromatic rings. The first-order valence-corrected chi connectivity index (χ1v) is 10.1. The molecule has 0 aromatic carbocycles. The zero-order chi connectivity index (χ0) is 19.8. The summed E-state index contributed by atoms with van der Waals surface area (Å²) in [5.41, 5.74) is 0. The first-order valence-electron chi connectivity index (χ1n) is 10.1. The van der Waals surface area contributed by atoms with E-state index < -0.39 is 6.10 Å². The minimum Gasteiger partial charge on any atom is -0.442 e. The van der Waals surface area contributed by atoms with Gasteiger partial charge in [-0.15, -0.1) is 6.58 Å². The minimum absolute atomic E-state index is 0.0237. The summed E-state index contributed by atoms with van der Waals surface area (Å²) < 4.78 is 11.4. The first-order chi connectivity index (χ1) is 12.9. The summed E-state index contributed by atoms with van der Waals surface area (Å²) in [4.78, 5) is 26.1. The summed E-state index contributed by atoms with van der Waals surface area (Å²) in [6.07, 6.45) is 9.22. The summed E-state index contributed by atoms with van der Waals surface area (Å²) in [5.74, 6) is 0.170. The molecule has 6 nitrogen and oxygen atoms in total. The van der Waals surface area contributed by atoms with E-state index in [9.17, 15) is 9.59 Å². The van der Waals surface area contributed by atoms with E-state index in [0.717, 1.165) is 45.2 Å². The molecular formula is C21H34N2O4. The van der Waals surface area contributed by atoms with Crippen LogP contribution in [-0.4, -0.2) is 54.3 Å². The van der Waals surface area contributed by atoms with Gasteiger partial charge in [-0.2, -0.15) is 0 Å². The lowest BCUT2D eigenvalue weighted by atomic mass is 9.88. The number of hydrogen-bond acceptors (Lipinski definition) is 4. The average molecular weight is 379 g/mol. The Labute approximate surface area is 163 Å². The van der Waals surface area contributed by atoms with Gasteiger partial charge in [0.15, 0.2) is 0 Å². The highest BCUT2D eigenvalue weighted by Gasteiger charge is 2.33. The molecule has 0 saturated carbocycles. The predicted octanol–water partition coefficient (Wildman–Crippen LogP) is 3.43. The average Bonchev–Trinajstić information content (AvgIpc) is 2.65. The lowest BCUT2D eigenvalue weighted by molar-refractivity contribution is -0.123. The van der Waals surface area contributed by atoms with E-state index in [1.54, 1.807) is 17.9 Å². The predicted molar refractivity (Wildman–Crippen MR) is 105 cm³/mol. The van der Waals surface area contributed by atoms with E-state index in [4.69, 9.17) is 9.47 Å². The number of rotatable bonds is 6. The van der Waals surface area contributed by atoms with Crippen LogP contribution >= 0.6 is 0 Å². The van der Waals surface area contributed by atoms with E-state index in [-0.39, 0.29) is 30.3 Å². The van der Waals surface area contributed by atoms with E-state index in [2.05, 4.69) is 18.8 Å². The topological polar surface area (TPSA) is 67.9 Å². The van der Waals surface area contributed by atoms with Gasteiger partial charge in [-0.05, 0) is 57.9 Å². The molecule has 0 spiro atoms. The highest BCUT2D eigenvalue weighted by atomic mass is 16.6. The van der Waals surface area contributed by atoms with Crippen molar-refractivity contribution in [2.75, 3.05) is 13.1 Å². The Kier molecular flexibility index (Phi) is 8.35. The van der Waals surface area contributed by atoms with Crippen molar-refractivity contribution in [3.63, 3.8) is 0 Å². The third-order valence-corrected chi connectivity index (χ3v) is 5.36. The normalized spacial score (nSPS) is 30.0. The number of piperidine rings is 1. The van der Waals surface area contributed by atoms with Gasteiger partial charge < -0.3 is 19.7 Å². The summed E-state index contributed by atoms with van der Waals surface area (Å²) in [6.45, 7) is 11.2. The van der Waals surface area contributed by atoms with Crippen LogP contribution < -0.4 is 5.32 Å². The molecule has 2 aliphatic heterocycles. The van der Waals surface area contributed by atoms with Gasteiger partial charge in [0.05, 0.1) is 18.2 Å². The Morgan fingerprint density at radius 3 is 2.67 bits per heavy atom. The van der Waals surface area contributed by atoms with Crippen molar-refractivity contribution in [3.05, 3.63) is 24.8 Å². The van der Waals surface area contributed by atoms with Crippen LogP contribution in [0.25, 0.3) is 0 Å². The van der Waals surface area contributed by atoms with Gasteiger partial charge in [0, 0.05) is 19.2 Å². The molecule has 152 valence electrons. The molecule has 2 saturated heterocycles. The molecule has 2 fully saturated rings. The second-order valence-electron chi connectivity index (χ2n) is 7.73. The highest BCUT2D eigenvalue weighted by molar-refractivity contribution is 5.87. The fourth-order valence-corrected chi connectivity index (χ4v) is 3.68. The van der Waals surface area contributed by atoms with Crippen molar-refractivity contribution in [1.29, 1.82) is 0 Å². The molecule has 1 N–H and O–H groups in total. The van der Waals surface area contributed by atoms with Crippen molar-refractivity contribution < 1.29 is 19.1 Å². The fraction of sp³-hybridized carbons (Fsp3) is 0.714. The number of likely N-dealkylation sites (tertiary alicyclic amines) is 1. The number of ether oxygens (including phenoxy) is 2. The summed E-state index contributed by atoms with van der Waals surface area (Å²) >= 11 is 0. The van der Waals surface area contributed by atoms with Crippen LogP contribution in [0.1, 0.15) is 52.9 Å². The number of hydrogen-bond donors (Lipinski definition) is 1. The monoisotopic (exact) mass is 378 g/mol. The van der Waals surface area contributed by atoms with Crippen LogP contribution in [0.5, 0.6) is 0 Å². The maximum absolute atomic E-state index is 12.2. The fourth-order valence-electron chi connectivity index (χ4n) is 3.68. The highest BCUT2D eigenvalue weighted by Crippen LogP contribution is 2.27. The van der Waals surface area contributed by atoms with Crippen LogP contribution in [0.15, 0.2) is 24.8 Å². The molecule has 2 heterocycles. The summed E-state index contributed by atoms with van der Waals surface area (Å²) in [7, 11) is 0. The standard InChI is InChI=1S/C21H34N2O4/c1-5-9-19-15(2)14-18(17(4)27-19)22-20(24)11-10-16(3)26-21(25)23-12-7-6-8-13-23/h5,10-11,15-19H,1,6-9,12-14H2,2-4H3,(H,22,24)/b11-10-/t15-,16+,17-,18-,19+/m1/s1. The van der Waals surface area contributed by atoms with Crippen LogP contribution in [0.4, 0.5) is 4.79 Å². The van der Waals surface area contributed by atoms with E-state index in [1.807, 2.05) is 13.0 Å². The van der Waals surface area contributed by atoms with Crippen molar-refractivity contribution >= 4 is 12.0 Å². The smallest absolute Gasteiger partial charge is 0.410 e. The van der Waals surface area contributed by atoms with Gasteiger partial charge in [-0.3, -0.25) is 4.79 Å². The lowest BCUT2D eigenvalue weighted by Crippen LogP contribution is -2.50. The van der Waals surface area contributed by atoms with Gasteiger partial charge in [-0.1, -0.05) is 13.0 Å². The number of nitrogens with one attached hydrogen (secondary N) is 1. The van der Waals surface area contributed by atoms with Gasteiger partial charge in [-0.25, -0.2) is 4.79 Å². The quantitative estimate of drug-likeness (QED) is 0.568. The molecule has 0 aromatic heterocycles. The maximum atomic E-state index is 12.2. The molecule has 0 unspecified atom stereocenters. The maximum Gasteiger partial charge on any atom is 0.410 e. The number of carbonyl (C=O) groups excluding carboxylic acids is 2. The van der Waals surface area contributed by atoms with Crippen LogP contribution in [0.3, 0.4) is 0 Å². The molecule has 2 aliphatic rings. The van der Waals surface area contributed by atoms with Gasteiger partial charge in [0.1, 0.15) is 6.10 Å². The Morgan fingerprint density at radius 2 is 2.00 bits per heavy atom. The number of nitrogens with zero attached hydrogens (tertiary/aromatic N) is 1. The molecule has 5 atom stereocenters. The minimum atomic E-state index is -0.443. The molecule has 6 heteroatoms. The Morgan fingerprint density at radius 1 is 1.30 bits per heavy atom. The van der Waals surface area contributed by atoms with Crippen molar-refractivity contribution in [2.45, 2.75) is 77.2 Å². The van der Waals surface area contributed by atoms with E-state index >= 15 is 0 Å². The Hall–Kier alpha value is -1.82. The largest absolute Gasteiger partial charge is 0.442 e. The van der Waals surface area contributed by atoms with Crippen molar-refractivity contribution in [1.82, 2.24) is 10.2 Å². The molecule has 2 rings (SSSR count). The number of carbonyl (C=O) groups is 2. The molecule has 0 bridgehead atoms. The van der Waals surface area contributed by atoms with Gasteiger partial charge in [0.25, 0.3) is 0 Å². The van der Waals surface area contributed by atoms with E-state index in [1.165, 1.54) is 6.08 Å². The lowest BCUT2D eigenvalue weighted by Gasteiger charge is -2.39. The van der Waals surface area contributed by atoms with Crippen molar-refractivity contribution in [3.8, 4) is 0 Å². The Bertz CT molecular complexity index is 542. The molecule has 0 radical (unpaired) electrons. The first kappa shape index (κ1) is 21.5. The van der Waals surface area contributed by atoms with Crippen LogP contribution in [0.2, 0.25) is 0 Å². The van der Waals surface area contributed by atoms with Crippen molar-refractivity contribution in [2.24, 2.45) is 5.92 Å². The zero-order valence-corrected chi connectivity index (χ0v) is 16.9. The zero-order valence-electron chi connectivity index (χ0n) is 16.9. The molecule has 0 aliphatic carbocycles. The van der Waals surface area contributed by atoms with Gasteiger partial charge in [0.2, 0.25) is 5.91 Å². The van der Waals surface area contributed by atoms with Crippen LogP contribution in [-0.2, 0) is 14.3 Å². The molecule has 27 heavy (non-hydrogen) atoms. The third-order valence-electron chi connectivity index (χ3n) is 5.36. The molecular weight excluding hydrogens is 344 g/mol. The van der Waals surface area contributed by atoms with E-state index in [0.29, 0.717) is 5.92 Å². The summed E-state index contributed by atoms with van der Waals surface area (Å²) in [6, 6.07) is -0.0237. The third kappa shape index (κ3) is 6.69. The SMILES string of the molecule is C=CC[C@@H]1O[C@H](C)[C@H](NC(=O)/C=C\[C@H](C)OC(=O)N2CCCCC2)C[C@H]1C. The van der Waals surface area contributed by atoms with Gasteiger partial charge >= 0.3 is 6.09 Å². The summed E-state index contributed by atoms with van der Waals surface area (Å²) in [5, 5.41) is 3.01. The Balaban J connectivity index is 1.77. The number of amides is 2.